The fourth-order valence-corrected chi connectivity index (χ4v) is 3.23. The maximum atomic E-state index is 2.73. The zero-order valence-electron chi connectivity index (χ0n) is 9.80. The van der Waals surface area contributed by atoms with Gasteiger partial charge in [-0.1, -0.05) is 33.1 Å². The molecule has 0 spiro atoms. The van der Waals surface area contributed by atoms with Crippen molar-refractivity contribution in [1.29, 1.82) is 0 Å². The van der Waals surface area contributed by atoms with Gasteiger partial charge in [-0.3, -0.25) is 4.90 Å². The molecule has 0 N–H and O–H groups in total. The quantitative estimate of drug-likeness (QED) is 0.668. The number of hydrogen-bond acceptors (Lipinski definition) is 2. The lowest BCUT2D eigenvalue weighted by atomic mass is 10.1. The highest BCUT2D eigenvalue weighted by atomic mass is 32.2. The number of thioether (sulfide) groups is 1. The summed E-state index contributed by atoms with van der Waals surface area (Å²) in [5, 5.41) is 0. The monoisotopic (exact) mass is 215 g/mol. The van der Waals surface area contributed by atoms with Gasteiger partial charge >= 0.3 is 0 Å². The van der Waals surface area contributed by atoms with E-state index in [0.29, 0.717) is 0 Å². The summed E-state index contributed by atoms with van der Waals surface area (Å²) >= 11 is 2.15. The lowest BCUT2D eigenvalue weighted by molar-refractivity contribution is 0.203. The van der Waals surface area contributed by atoms with Gasteiger partial charge in [-0.05, 0) is 19.4 Å². The van der Waals surface area contributed by atoms with Crippen LogP contribution in [-0.2, 0) is 0 Å². The molecule has 0 amide bonds. The minimum absolute atomic E-state index is 0.889. The van der Waals surface area contributed by atoms with Crippen molar-refractivity contribution in [3.05, 3.63) is 0 Å². The van der Waals surface area contributed by atoms with Gasteiger partial charge < -0.3 is 0 Å². The molecule has 0 bridgehead atoms. The molecule has 14 heavy (non-hydrogen) atoms. The summed E-state index contributed by atoms with van der Waals surface area (Å²) < 4.78 is 0. The van der Waals surface area contributed by atoms with E-state index < -0.39 is 0 Å². The molecular weight excluding hydrogens is 190 g/mol. The van der Waals surface area contributed by atoms with Crippen LogP contribution in [0.4, 0.5) is 0 Å². The van der Waals surface area contributed by atoms with Crippen molar-refractivity contribution in [2.45, 2.75) is 52.0 Å². The maximum Gasteiger partial charge on any atom is 0.0186 e. The Kier molecular flexibility index (Phi) is 6.70. The normalized spacial score (nSPS) is 24.0. The van der Waals surface area contributed by atoms with Gasteiger partial charge in [-0.25, -0.2) is 0 Å². The predicted octanol–water partition coefficient (Wildman–Crippen LogP) is 3.39. The van der Waals surface area contributed by atoms with Gasteiger partial charge in [0.25, 0.3) is 0 Å². The summed E-state index contributed by atoms with van der Waals surface area (Å²) in [5.41, 5.74) is 0. The first-order chi connectivity index (χ1) is 6.88. The van der Waals surface area contributed by atoms with Crippen molar-refractivity contribution in [2.24, 2.45) is 0 Å². The molecule has 1 nitrogen and oxygen atoms in total. The van der Waals surface area contributed by atoms with Crippen LogP contribution < -0.4 is 0 Å². The molecule has 0 aromatic rings. The Morgan fingerprint density at radius 3 is 2.71 bits per heavy atom. The Hall–Kier alpha value is 0.310. The third-order valence-corrected chi connectivity index (χ3v) is 4.13. The molecule has 0 aromatic heterocycles. The second-order valence-corrected chi connectivity index (χ2v) is 5.41. The number of hydrogen-bond donors (Lipinski definition) is 0. The van der Waals surface area contributed by atoms with E-state index in [4.69, 9.17) is 0 Å². The molecule has 2 heteroatoms. The van der Waals surface area contributed by atoms with Crippen LogP contribution in [0.5, 0.6) is 0 Å². The molecular formula is C12H25NS. The van der Waals surface area contributed by atoms with E-state index >= 15 is 0 Å². The van der Waals surface area contributed by atoms with Gasteiger partial charge in [0, 0.05) is 24.1 Å². The van der Waals surface area contributed by atoms with Gasteiger partial charge in [-0.15, -0.1) is 0 Å². The number of rotatable bonds is 6. The molecule has 1 atom stereocenters. The zero-order valence-corrected chi connectivity index (χ0v) is 10.6. The number of unbranched alkanes of at least 4 members (excludes halogenated alkanes) is 2. The lowest BCUT2D eigenvalue weighted by Crippen LogP contribution is -2.42. The summed E-state index contributed by atoms with van der Waals surface area (Å²) in [7, 11) is 0. The minimum atomic E-state index is 0.889. The fourth-order valence-electron chi connectivity index (χ4n) is 2.05. The molecule has 1 unspecified atom stereocenters. The summed E-state index contributed by atoms with van der Waals surface area (Å²) in [6, 6.07) is 0.889. The first-order valence-corrected chi connectivity index (χ1v) is 7.35. The molecule has 1 aliphatic heterocycles. The Balaban J connectivity index is 2.26. The molecule has 0 aliphatic carbocycles. The van der Waals surface area contributed by atoms with Gasteiger partial charge in [-0.2, -0.15) is 11.8 Å². The van der Waals surface area contributed by atoms with E-state index in [9.17, 15) is 0 Å². The Bertz CT molecular complexity index is 122. The summed E-state index contributed by atoms with van der Waals surface area (Å²) in [5.74, 6) is 2.73. The first-order valence-electron chi connectivity index (χ1n) is 6.20. The Morgan fingerprint density at radius 1 is 1.21 bits per heavy atom. The van der Waals surface area contributed by atoms with Crippen LogP contribution in [0.25, 0.3) is 0 Å². The molecule has 1 aliphatic rings. The molecule has 1 saturated heterocycles. The predicted molar refractivity (Wildman–Crippen MR) is 67.1 cm³/mol. The Labute approximate surface area is 93.6 Å². The van der Waals surface area contributed by atoms with Crippen LogP contribution in [0.1, 0.15) is 46.0 Å². The lowest BCUT2D eigenvalue weighted by Gasteiger charge is -2.35. The van der Waals surface area contributed by atoms with Crippen LogP contribution in [0.15, 0.2) is 0 Å². The molecule has 1 heterocycles. The van der Waals surface area contributed by atoms with Gasteiger partial charge in [0.05, 0.1) is 0 Å². The number of nitrogens with zero attached hydrogens (tertiary/aromatic N) is 1. The highest BCUT2D eigenvalue weighted by Gasteiger charge is 2.20. The molecule has 1 rings (SSSR count). The largest absolute Gasteiger partial charge is 0.299 e. The third-order valence-electron chi connectivity index (χ3n) is 3.04. The molecule has 0 saturated carbocycles. The minimum Gasteiger partial charge on any atom is -0.299 e. The standard InChI is InChI=1S/C12H25NS/c1-3-5-7-12-11-14-10-9-13(12)8-6-4-2/h12H,3-11H2,1-2H3. The Morgan fingerprint density at radius 2 is 2.00 bits per heavy atom. The van der Waals surface area contributed by atoms with E-state index in [0.717, 1.165) is 6.04 Å². The smallest absolute Gasteiger partial charge is 0.0186 e. The second-order valence-electron chi connectivity index (χ2n) is 4.26. The van der Waals surface area contributed by atoms with Gasteiger partial charge in [0.2, 0.25) is 0 Å². The van der Waals surface area contributed by atoms with E-state index in [1.165, 1.54) is 56.7 Å². The van der Waals surface area contributed by atoms with Crippen molar-refractivity contribution in [2.75, 3.05) is 24.6 Å². The molecule has 0 aromatic carbocycles. The highest BCUT2D eigenvalue weighted by Crippen LogP contribution is 2.20. The van der Waals surface area contributed by atoms with Gasteiger partial charge in [0.1, 0.15) is 0 Å². The van der Waals surface area contributed by atoms with Crippen LogP contribution in [0, 0.1) is 0 Å². The van der Waals surface area contributed by atoms with Crippen molar-refractivity contribution in [3.63, 3.8) is 0 Å². The average Bonchev–Trinajstić information content (AvgIpc) is 2.24. The van der Waals surface area contributed by atoms with E-state index in [-0.39, 0.29) is 0 Å². The molecule has 84 valence electrons. The van der Waals surface area contributed by atoms with Crippen molar-refractivity contribution in [1.82, 2.24) is 4.90 Å². The average molecular weight is 215 g/mol. The first kappa shape index (κ1) is 12.4. The zero-order chi connectivity index (χ0) is 10.2. The third kappa shape index (κ3) is 4.22. The fraction of sp³-hybridized carbons (Fsp3) is 1.00. The summed E-state index contributed by atoms with van der Waals surface area (Å²) in [6.45, 7) is 7.26. The maximum absolute atomic E-state index is 2.73. The van der Waals surface area contributed by atoms with E-state index in [1.54, 1.807) is 0 Å². The van der Waals surface area contributed by atoms with Crippen molar-refractivity contribution < 1.29 is 0 Å². The van der Waals surface area contributed by atoms with Crippen LogP contribution in [0.3, 0.4) is 0 Å². The van der Waals surface area contributed by atoms with E-state index in [1.807, 2.05) is 0 Å². The van der Waals surface area contributed by atoms with Crippen molar-refractivity contribution >= 4 is 11.8 Å². The highest BCUT2D eigenvalue weighted by molar-refractivity contribution is 7.99. The van der Waals surface area contributed by atoms with Crippen LogP contribution in [0.2, 0.25) is 0 Å². The van der Waals surface area contributed by atoms with Crippen LogP contribution >= 0.6 is 11.8 Å². The molecule has 1 fully saturated rings. The van der Waals surface area contributed by atoms with E-state index in [2.05, 4.69) is 30.5 Å². The topological polar surface area (TPSA) is 3.24 Å². The van der Waals surface area contributed by atoms with Gasteiger partial charge in [0.15, 0.2) is 0 Å². The van der Waals surface area contributed by atoms with Crippen LogP contribution in [-0.4, -0.2) is 35.5 Å². The van der Waals surface area contributed by atoms with Crippen molar-refractivity contribution in [3.8, 4) is 0 Å². The second kappa shape index (κ2) is 7.58. The summed E-state index contributed by atoms with van der Waals surface area (Å²) in [4.78, 5) is 2.73. The summed E-state index contributed by atoms with van der Waals surface area (Å²) in [6.07, 6.45) is 6.90. The molecule has 0 radical (unpaired) electrons. The SMILES string of the molecule is CCCCC1CSCCN1CCCC.